The zero-order chi connectivity index (χ0) is 25.5. The summed E-state index contributed by atoms with van der Waals surface area (Å²) in [7, 11) is 0. The first-order valence-electron chi connectivity index (χ1n) is 12.7. The van der Waals surface area contributed by atoms with Crippen molar-refractivity contribution in [1.29, 1.82) is 0 Å². The summed E-state index contributed by atoms with van der Waals surface area (Å²) in [6, 6.07) is 7.92. The summed E-state index contributed by atoms with van der Waals surface area (Å²) < 4.78 is 11.1. The normalized spacial score (nSPS) is 32.4. The number of rotatable bonds is 7. The fourth-order valence-electron chi connectivity index (χ4n) is 7.39. The van der Waals surface area contributed by atoms with E-state index in [1.54, 1.807) is 6.92 Å². The molecule has 3 N–H and O–H groups in total. The van der Waals surface area contributed by atoms with Crippen molar-refractivity contribution in [3.8, 4) is 0 Å². The number of benzene rings is 1. The number of amides is 3. The highest BCUT2D eigenvalue weighted by molar-refractivity contribution is 5.95. The lowest BCUT2D eigenvalue weighted by Crippen LogP contribution is -2.64. The average Bonchev–Trinajstić information content (AvgIpc) is 2.81. The number of carbonyl (C=O) groups excluding carboxylic acids is 4. The van der Waals surface area contributed by atoms with Gasteiger partial charge in [0.05, 0.1) is 29.3 Å². The molecular formula is C27H33N3O6. The van der Waals surface area contributed by atoms with Gasteiger partial charge in [-0.3, -0.25) is 9.59 Å². The molecule has 192 valence electrons. The van der Waals surface area contributed by atoms with Crippen molar-refractivity contribution in [2.45, 2.75) is 64.0 Å². The molecule has 0 spiro atoms. The maximum Gasteiger partial charge on any atom is 0.338 e. The van der Waals surface area contributed by atoms with Crippen molar-refractivity contribution in [3.05, 3.63) is 47.2 Å². The second-order valence-corrected chi connectivity index (χ2v) is 10.8. The van der Waals surface area contributed by atoms with E-state index < -0.39 is 23.5 Å². The highest BCUT2D eigenvalue weighted by atomic mass is 16.5. The molecule has 4 bridgehead atoms. The Morgan fingerprint density at radius 3 is 2.39 bits per heavy atom. The lowest BCUT2D eigenvalue weighted by atomic mass is 9.47. The van der Waals surface area contributed by atoms with Crippen molar-refractivity contribution in [3.63, 3.8) is 0 Å². The molecule has 4 saturated carbocycles. The number of urea groups is 1. The monoisotopic (exact) mass is 495 g/mol. The van der Waals surface area contributed by atoms with Crippen molar-refractivity contribution in [2.24, 2.45) is 17.3 Å². The summed E-state index contributed by atoms with van der Waals surface area (Å²) in [5.74, 6) is -0.230. The van der Waals surface area contributed by atoms with Gasteiger partial charge in [-0.2, -0.15) is 0 Å². The van der Waals surface area contributed by atoms with E-state index in [0.717, 1.165) is 37.7 Å². The quantitative estimate of drug-likeness (QED) is 0.500. The van der Waals surface area contributed by atoms with Crippen molar-refractivity contribution < 1.29 is 28.7 Å². The van der Waals surface area contributed by atoms with Crippen LogP contribution in [-0.4, -0.2) is 42.6 Å². The molecular weight excluding hydrogens is 462 g/mol. The Labute approximate surface area is 210 Å². The van der Waals surface area contributed by atoms with Crippen LogP contribution in [0.1, 0.15) is 64.0 Å². The van der Waals surface area contributed by atoms with Gasteiger partial charge in [-0.1, -0.05) is 30.3 Å². The molecule has 6 rings (SSSR count). The van der Waals surface area contributed by atoms with Crippen LogP contribution in [0.2, 0.25) is 0 Å². The van der Waals surface area contributed by atoms with Crippen LogP contribution < -0.4 is 16.0 Å². The standard InChI is InChI=1S/C27H33N3O6/c1-3-35-23(32)21-20(28-25(34)29-22(21)19-7-5-4-6-8-19)14-36-24(33)26-10-17-9-18(11-26)13-27(12-17,15-26)30-16(2)31/h4-8,17-18,22H,3,9-15H2,1-2H3,(H,30,31)(H2,28,29,34)/t17-,18-,22-,26?,27?/m1/s1. The van der Waals surface area contributed by atoms with Crippen LogP contribution >= 0.6 is 0 Å². The van der Waals surface area contributed by atoms with E-state index in [1.807, 2.05) is 30.3 Å². The molecule has 36 heavy (non-hydrogen) atoms. The summed E-state index contributed by atoms with van der Waals surface area (Å²) in [5.41, 5.74) is 0.146. The van der Waals surface area contributed by atoms with Gasteiger partial charge in [0, 0.05) is 12.5 Å². The van der Waals surface area contributed by atoms with E-state index in [4.69, 9.17) is 9.47 Å². The molecule has 1 aromatic carbocycles. The topological polar surface area (TPSA) is 123 Å². The van der Waals surface area contributed by atoms with Crippen LogP contribution in [0.3, 0.4) is 0 Å². The maximum absolute atomic E-state index is 13.6. The summed E-state index contributed by atoms with van der Waals surface area (Å²) >= 11 is 0. The van der Waals surface area contributed by atoms with Crippen LogP contribution in [0, 0.1) is 17.3 Å². The molecule has 0 aromatic heterocycles. The number of hydrogen-bond donors (Lipinski definition) is 3. The Kier molecular flexibility index (Phi) is 6.26. The van der Waals surface area contributed by atoms with Gasteiger partial charge in [-0.15, -0.1) is 0 Å². The molecule has 5 aliphatic rings. The third kappa shape index (κ3) is 4.47. The van der Waals surface area contributed by atoms with E-state index in [2.05, 4.69) is 16.0 Å². The largest absolute Gasteiger partial charge is 0.463 e. The smallest absolute Gasteiger partial charge is 0.338 e. The summed E-state index contributed by atoms with van der Waals surface area (Å²) in [6.07, 6.45) is 4.93. The molecule has 3 amide bonds. The number of carbonyl (C=O) groups is 4. The van der Waals surface area contributed by atoms with Crippen LogP contribution in [0.15, 0.2) is 41.6 Å². The van der Waals surface area contributed by atoms with E-state index in [-0.39, 0.29) is 41.9 Å². The van der Waals surface area contributed by atoms with Gasteiger partial charge in [0.25, 0.3) is 0 Å². The van der Waals surface area contributed by atoms with Crippen molar-refractivity contribution >= 4 is 23.9 Å². The Balaban J connectivity index is 1.40. The SMILES string of the molecule is CCOC(=O)C1=C(COC(=O)C23C[C@H]4C[C@@H](CC(NC(C)=O)(C4)C2)C3)NC(=O)N[C@@H]1c1ccccc1. The lowest BCUT2D eigenvalue weighted by Gasteiger charge is -2.60. The molecule has 9 heteroatoms. The number of nitrogens with one attached hydrogen (secondary N) is 3. The van der Waals surface area contributed by atoms with E-state index in [9.17, 15) is 19.2 Å². The molecule has 4 fully saturated rings. The molecule has 9 nitrogen and oxygen atoms in total. The van der Waals surface area contributed by atoms with Gasteiger partial charge in [0.1, 0.15) is 6.61 Å². The molecule has 0 unspecified atom stereocenters. The fourth-order valence-corrected chi connectivity index (χ4v) is 7.39. The van der Waals surface area contributed by atoms with E-state index in [1.165, 1.54) is 6.92 Å². The molecule has 3 atom stereocenters. The summed E-state index contributed by atoms with van der Waals surface area (Å²) in [6.45, 7) is 3.16. The number of ether oxygens (including phenoxy) is 2. The minimum atomic E-state index is -0.727. The predicted octanol–water partition coefficient (Wildman–Crippen LogP) is 2.88. The molecule has 1 heterocycles. The fraction of sp³-hybridized carbons (Fsp3) is 0.556. The van der Waals surface area contributed by atoms with Gasteiger partial charge in [0.15, 0.2) is 0 Å². The zero-order valence-electron chi connectivity index (χ0n) is 20.7. The molecule has 4 aliphatic carbocycles. The maximum atomic E-state index is 13.6. The van der Waals surface area contributed by atoms with Crippen molar-refractivity contribution in [1.82, 2.24) is 16.0 Å². The minimum Gasteiger partial charge on any atom is -0.463 e. The Morgan fingerprint density at radius 1 is 1.06 bits per heavy atom. The summed E-state index contributed by atoms with van der Waals surface area (Å²) in [5, 5.41) is 8.60. The van der Waals surface area contributed by atoms with Gasteiger partial charge < -0.3 is 25.4 Å². The second kappa shape index (κ2) is 9.26. The van der Waals surface area contributed by atoms with Gasteiger partial charge in [0.2, 0.25) is 5.91 Å². The highest BCUT2D eigenvalue weighted by Gasteiger charge is 2.61. The first kappa shape index (κ1) is 24.3. The Bertz CT molecular complexity index is 1100. The van der Waals surface area contributed by atoms with Gasteiger partial charge in [-0.25, -0.2) is 9.59 Å². The third-order valence-corrected chi connectivity index (χ3v) is 8.06. The lowest BCUT2D eigenvalue weighted by molar-refractivity contribution is -0.175. The second-order valence-electron chi connectivity index (χ2n) is 10.8. The van der Waals surface area contributed by atoms with E-state index >= 15 is 0 Å². The molecule has 1 aliphatic heterocycles. The number of hydrogen-bond acceptors (Lipinski definition) is 6. The molecule has 0 radical (unpaired) electrons. The van der Waals surface area contributed by atoms with Crippen LogP contribution in [-0.2, 0) is 23.9 Å². The van der Waals surface area contributed by atoms with Gasteiger partial charge in [-0.05, 0) is 62.8 Å². The van der Waals surface area contributed by atoms with Crippen molar-refractivity contribution in [2.75, 3.05) is 13.2 Å². The van der Waals surface area contributed by atoms with Crippen LogP contribution in [0.25, 0.3) is 0 Å². The summed E-state index contributed by atoms with van der Waals surface area (Å²) in [4.78, 5) is 51.0. The molecule has 1 aromatic rings. The minimum absolute atomic E-state index is 0.0749. The Morgan fingerprint density at radius 2 is 1.75 bits per heavy atom. The zero-order valence-corrected chi connectivity index (χ0v) is 20.7. The number of esters is 2. The Hall–Kier alpha value is -3.36. The van der Waals surface area contributed by atoms with Gasteiger partial charge >= 0.3 is 18.0 Å². The van der Waals surface area contributed by atoms with Crippen LogP contribution in [0.5, 0.6) is 0 Å². The highest BCUT2D eigenvalue weighted by Crippen LogP contribution is 2.62. The molecule has 0 saturated heterocycles. The first-order valence-corrected chi connectivity index (χ1v) is 12.7. The first-order chi connectivity index (χ1) is 17.2. The van der Waals surface area contributed by atoms with Crippen LogP contribution in [0.4, 0.5) is 4.79 Å². The third-order valence-electron chi connectivity index (χ3n) is 8.06. The average molecular weight is 496 g/mol. The van der Waals surface area contributed by atoms with E-state index in [0.29, 0.717) is 18.3 Å². The predicted molar refractivity (Wildman–Crippen MR) is 129 cm³/mol.